The van der Waals surface area contributed by atoms with Crippen molar-refractivity contribution < 1.29 is 4.79 Å². The van der Waals surface area contributed by atoms with E-state index in [1.165, 1.54) is 11.1 Å². The second-order valence-electron chi connectivity index (χ2n) is 3.84. The van der Waals surface area contributed by atoms with E-state index in [0.717, 1.165) is 10.6 Å². The molecule has 0 atom stereocenters. The molecule has 92 valence electrons. The molecule has 0 saturated carbocycles. The van der Waals surface area contributed by atoms with Crippen molar-refractivity contribution in [3.8, 4) is 0 Å². The highest BCUT2D eigenvalue weighted by atomic mass is 32.1. The lowest BCUT2D eigenvalue weighted by Crippen LogP contribution is -2.17. The second-order valence-corrected chi connectivity index (χ2v) is 5.16. The Hall–Kier alpha value is -2.01. The Morgan fingerprint density at radius 2 is 2.17 bits per heavy atom. The van der Waals surface area contributed by atoms with Gasteiger partial charge < -0.3 is 0 Å². The van der Waals surface area contributed by atoms with E-state index >= 15 is 0 Å². The Morgan fingerprint density at radius 1 is 1.33 bits per heavy atom. The number of hydrogen-bond donors (Lipinski definition) is 1. The summed E-state index contributed by atoms with van der Waals surface area (Å²) < 4.78 is 0. The number of hydrogen-bond acceptors (Lipinski definition) is 4. The SMILES string of the molecule is Cc1ccc(C(=O)NN=Cc2ccc(C)s2)cn1. The van der Waals surface area contributed by atoms with Gasteiger partial charge >= 0.3 is 0 Å². The van der Waals surface area contributed by atoms with Crippen molar-refractivity contribution in [2.45, 2.75) is 13.8 Å². The molecule has 0 aliphatic carbocycles. The molecule has 0 spiro atoms. The molecule has 0 bridgehead atoms. The minimum absolute atomic E-state index is 0.257. The normalized spacial score (nSPS) is 10.8. The van der Waals surface area contributed by atoms with Crippen molar-refractivity contribution in [2.24, 2.45) is 5.10 Å². The molecule has 0 radical (unpaired) electrons. The van der Waals surface area contributed by atoms with Crippen LogP contribution >= 0.6 is 11.3 Å². The van der Waals surface area contributed by atoms with Crippen molar-refractivity contribution in [3.63, 3.8) is 0 Å². The molecule has 2 heterocycles. The maximum Gasteiger partial charge on any atom is 0.272 e. The number of amides is 1. The molecule has 0 unspecified atom stereocenters. The van der Waals surface area contributed by atoms with Crippen LogP contribution in [0.4, 0.5) is 0 Å². The largest absolute Gasteiger partial charge is 0.272 e. The monoisotopic (exact) mass is 259 g/mol. The number of nitrogens with zero attached hydrogens (tertiary/aromatic N) is 2. The predicted molar refractivity (Wildman–Crippen MR) is 73.1 cm³/mol. The summed E-state index contributed by atoms with van der Waals surface area (Å²) in [6, 6.07) is 7.49. The average Bonchev–Trinajstić information content (AvgIpc) is 2.76. The molecule has 1 amide bonds. The molecule has 0 aliphatic heterocycles. The fourth-order valence-corrected chi connectivity index (χ4v) is 2.09. The maximum atomic E-state index is 11.7. The van der Waals surface area contributed by atoms with Crippen LogP contribution in [0.25, 0.3) is 0 Å². The maximum absolute atomic E-state index is 11.7. The highest BCUT2D eigenvalue weighted by Crippen LogP contribution is 2.12. The van der Waals surface area contributed by atoms with Gasteiger partial charge in [-0.1, -0.05) is 0 Å². The molecule has 0 aromatic carbocycles. The number of thiophene rings is 1. The molecule has 4 nitrogen and oxygen atoms in total. The summed E-state index contributed by atoms with van der Waals surface area (Å²) in [5.41, 5.74) is 3.85. The lowest BCUT2D eigenvalue weighted by molar-refractivity contribution is 0.0955. The van der Waals surface area contributed by atoms with Gasteiger partial charge in [0.15, 0.2) is 0 Å². The first-order valence-corrected chi connectivity index (χ1v) is 6.29. The van der Waals surface area contributed by atoms with Crippen molar-refractivity contribution in [2.75, 3.05) is 0 Å². The summed E-state index contributed by atoms with van der Waals surface area (Å²) in [6.07, 6.45) is 3.17. The minimum Gasteiger partial charge on any atom is -0.267 e. The van der Waals surface area contributed by atoms with E-state index in [1.54, 1.807) is 29.7 Å². The lowest BCUT2D eigenvalue weighted by Gasteiger charge is -1.99. The highest BCUT2D eigenvalue weighted by Gasteiger charge is 2.03. The molecule has 1 N–H and O–H groups in total. The third-order valence-corrected chi connectivity index (χ3v) is 3.23. The van der Waals surface area contributed by atoms with Gasteiger partial charge in [-0.3, -0.25) is 9.78 Å². The van der Waals surface area contributed by atoms with Crippen LogP contribution in [0.15, 0.2) is 35.6 Å². The number of aryl methyl sites for hydroxylation is 2. The zero-order chi connectivity index (χ0) is 13.0. The summed E-state index contributed by atoms with van der Waals surface area (Å²) >= 11 is 1.62. The molecule has 0 aliphatic rings. The van der Waals surface area contributed by atoms with Gasteiger partial charge in [0.1, 0.15) is 0 Å². The van der Waals surface area contributed by atoms with Gasteiger partial charge in [0.05, 0.1) is 11.8 Å². The van der Waals surface area contributed by atoms with E-state index in [-0.39, 0.29) is 5.91 Å². The predicted octanol–water partition coefficient (Wildman–Crippen LogP) is 2.52. The lowest BCUT2D eigenvalue weighted by atomic mass is 10.2. The first-order valence-electron chi connectivity index (χ1n) is 5.47. The van der Waals surface area contributed by atoms with Gasteiger partial charge in [0.2, 0.25) is 0 Å². The van der Waals surface area contributed by atoms with E-state index in [9.17, 15) is 4.79 Å². The molecule has 2 rings (SSSR count). The van der Waals surface area contributed by atoms with Crippen molar-refractivity contribution in [1.29, 1.82) is 0 Å². The van der Waals surface area contributed by atoms with Crippen LogP contribution in [0.3, 0.4) is 0 Å². The molecule has 2 aromatic heterocycles. The zero-order valence-corrected chi connectivity index (χ0v) is 11.0. The first kappa shape index (κ1) is 12.4. The molecule has 5 heteroatoms. The fourth-order valence-electron chi connectivity index (χ4n) is 1.34. The number of rotatable bonds is 3. The molecule has 18 heavy (non-hydrogen) atoms. The van der Waals surface area contributed by atoms with Crippen LogP contribution in [0.2, 0.25) is 0 Å². The number of hydrazone groups is 1. The van der Waals surface area contributed by atoms with Crippen LogP contribution in [0, 0.1) is 13.8 Å². The quantitative estimate of drug-likeness (QED) is 0.680. The van der Waals surface area contributed by atoms with Gasteiger partial charge in [0, 0.05) is 21.6 Å². The van der Waals surface area contributed by atoms with E-state index in [4.69, 9.17) is 0 Å². The minimum atomic E-state index is -0.257. The topological polar surface area (TPSA) is 54.4 Å². The van der Waals surface area contributed by atoms with Crippen LogP contribution in [0.5, 0.6) is 0 Å². The molecule has 0 saturated heterocycles. The smallest absolute Gasteiger partial charge is 0.267 e. The van der Waals surface area contributed by atoms with Crippen LogP contribution in [0.1, 0.15) is 25.8 Å². The summed E-state index contributed by atoms with van der Waals surface area (Å²) in [4.78, 5) is 18.0. The summed E-state index contributed by atoms with van der Waals surface area (Å²) in [6.45, 7) is 3.90. The number of nitrogens with one attached hydrogen (secondary N) is 1. The molecule has 2 aromatic rings. The Morgan fingerprint density at radius 3 is 2.78 bits per heavy atom. The third kappa shape index (κ3) is 3.24. The number of carbonyl (C=O) groups is 1. The average molecular weight is 259 g/mol. The Labute approximate surface area is 109 Å². The van der Waals surface area contributed by atoms with Crippen molar-refractivity contribution in [3.05, 3.63) is 51.5 Å². The number of carbonyl (C=O) groups excluding carboxylic acids is 1. The number of pyridine rings is 1. The summed E-state index contributed by atoms with van der Waals surface area (Å²) in [5.74, 6) is -0.257. The van der Waals surface area contributed by atoms with Crippen LogP contribution in [-0.2, 0) is 0 Å². The van der Waals surface area contributed by atoms with Gasteiger partial charge in [-0.2, -0.15) is 5.10 Å². The van der Waals surface area contributed by atoms with Gasteiger partial charge in [-0.25, -0.2) is 5.43 Å². The summed E-state index contributed by atoms with van der Waals surface area (Å²) in [5, 5.41) is 3.91. The van der Waals surface area contributed by atoms with Gasteiger partial charge in [-0.05, 0) is 38.1 Å². The molecular formula is C13H13N3OS. The van der Waals surface area contributed by atoms with E-state index in [0.29, 0.717) is 5.56 Å². The van der Waals surface area contributed by atoms with Gasteiger partial charge in [0.25, 0.3) is 5.91 Å². The number of aromatic nitrogens is 1. The van der Waals surface area contributed by atoms with E-state index in [1.807, 2.05) is 26.0 Å². The Balaban J connectivity index is 1.96. The highest BCUT2D eigenvalue weighted by molar-refractivity contribution is 7.13. The molecule has 0 fully saturated rings. The zero-order valence-electron chi connectivity index (χ0n) is 10.2. The second kappa shape index (κ2) is 5.55. The fraction of sp³-hybridized carbons (Fsp3) is 0.154. The van der Waals surface area contributed by atoms with E-state index < -0.39 is 0 Å². The van der Waals surface area contributed by atoms with Crippen LogP contribution < -0.4 is 5.43 Å². The Bertz CT molecular complexity index is 572. The first-order chi connectivity index (χ1) is 8.65. The van der Waals surface area contributed by atoms with E-state index in [2.05, 4.69) is 15.5 Å². The van der Waals surface area contributed by atoms with Crippen molar-refractivity contribution in [1.82, 2.24) is 10.4 Å². The van der Waals surface area contributed by atoms with Crippen LogP contribution in [-0.4, -0.2) is 17.1 Å². The van der Waals surface area contributed by atoms with Gasteiger partial charge in [-0.15, -0.1) is 11.3 Å². The Kier molecular flexibility index (Phi) is 3.84. The van der Waals surface area contributed by atoms with Crippen molar-refractivity contribution >= 4 is 23.5 Å². The summed E-state index contributed by atoms with van der Waals surface area (Å²) in [7, 11) is 0. The molecular weight excluding hydrogens is 246 g/mol. The third-order valence-electron chi connectivity index (χ3n) is 2.29. The standard InChI is InChI=1S/C13H13N3OS/c1-9-3-5-11(7-14-9)13(17)16-15-8-12-6-4-10(2)18-12/h3-8H,1-2H3,(H,16,17).